The van der Waals surface area contributed by atoms with Gasteiger partial charge in [0.1, 0.15) is 24.7 Å². The molecule has 5 rings (SSSR count). The van der Waals surface area contributed by atoms with E-state index in [0.29, 0.717) is 23.8 Å². The molecule has 0 radical (unpaired) electrons. The Morgan fingerprint density at radius 3 is 2.06 bits per heavy atom. The van der Waals surface area contributed by atoms with Crippen LogP contribution < -0.4 is 16.0 Å². The molecule has 4 saturated carbocycles. The molecule has 12 nitrogen and oxygen atoms in total. The van der Waals surface area contributed by atoms with Crippen molar-refractivity contribution in [1.29, 1.82) is 0 Å². The van der Waals surface area contributed by atoms with Crippen LogP contribution in [-0.2, 0) is 33.4 Å². The first-order valence-electron chi connectivity index (χ1n) is 16.9. The molecule has 1 aromatic carbocycles. The largest absolute Gasteiger partial charge is 0.516 e. The van der Waals surface area contributed by atoms with Gasteiger partial charge < -0.3 is 30.2 Å². The molecule has 0 aliphatic heterocycles. The van der Waals surface area contributed by atoms with Crippen LogP contribution in [0.3, 0.4) is 0 Å². The molecule has 258 valence electrons. The Balaban J connectivity index is 1.39. The van der Waals surface area contributed by atoms with Gasteiger partial charge in [-0.2, -0.15) is 0 Å². The second-order valence-corrected chi connectivity index (χ2v) is 13.8. The van der Waals surface area contributed by atoms with E-state index in [1.165, 1.54) is 6.42 Å². The van der Waals surface area contributed by atoms with Crippen molar-refractivity contribution in [3.05, 3.63) is 35.9 Å². The van der Waals surface area contributed by atoms with Crippen LogP contribution in [0.1, 0.15) is 89.4 Å². The first-order valence-corrected chi connectivity index (χ1v) is 16.9. The highest BCUT2D eigenvalue weighted by atomic mass is 16.7. The van der Waals surface area contributed by atoms with E-state index >= 15 is 0 Å². The third-order valence-electron chi connectivity index (χ3n) is 9.63. The van der Waals surface area contributed by atoms with Crippen LogP contribution in [0.15, 0.2) is 30.3 Å². The maximum atomic E-state index is 13.6. The first kappa shape index (κ1) is 35.9. The number of hydrogen-bond acceptors (Lipinski definition) is 9. The smallest absolute Gasteiger partial charge is 0.462 e. The molecule has 0 heterocycles. The third kappa shape index (κ3) is 10.3. The van der Waals surface area contributed by atoms with Gasteiger partial charge in [-0.1, -0.05) is 52.3 Å². The Bertz CT molecular complexity index is 1260. The van der Waals surface area contributed by atoms with E-state index in [0.717, 1.165) is 37.5 Å². The number of rotatable bonds is 15. The molecule has 4 aliphatic carbocycles. The molecule has 3 atom stereocenters. The zero-order chi connectivity index (χ0) is 34.1. The van der Waals surface area contributed by atoms with Crippen molar-refractivity contribution in [3.63, 3.8) is 0 Å². The summed E-state index contributed by atoms with van der Waals surface area (Å²) in [5, 5.41) is 7.83. The van der Waals surface area contributed by atoms with E-state index in [1.807, 2.05) is 20.8 Å². The van der Waals surface area contributed by atoms with E-state index < -0.39 is 54.4 Å². The van der Waals surface area contributed by atoms with Gasteiger partial charge in [-0.05, 0) is 86.2 Å². The summed E-state index contributed by atoms with van der Waals surface area (Å²) in [6.45, 7) is 6.72. The van der Waals surface area contributed by atoms with Crippen molar-refractivity contribution >= 4 is 35.8 Å². The second kappa shape index (κ2) is 16.7. The fourth-order valence-electron chi connectivity index (χ4n) is 7.26. The Kier molecular flexibility index (Phi) is 12.8. The zero-order valence-corrected chi connectivity index (χ0v) is 27.8. The lowest BCUT2D eigenvalue weighted by Gasteiger charge is -2.53. The van der Waals surface area contributed by atoms with Crippen LogP contribution in [0.2, 0.25) is 0 Å². The number of nitrogens with one attached hydrogen (secondary N) is 3. The molecule has 4 aliphatic rings. The monoisotopic (exact) mass is 655 g/mol. The van der Waals surface area contributed by atoms with Gasteiger partial charge in [0.05, 0.1) is 6.61 Å². The van der Waals surface area contributed by atoms with E-state index in [4.69, 9.17) is 9.47 Å². The van der Waals surface area contributed by atoms with E-state index in [2.05, 4.69) is 20.7 Å². The maximum absolute atomic E-state index is 13.6. The quantitative estimate of drug-likeness (QED) is 0.188. The molecule has 4 fully saturated rings. The number of ether oxygens (including phenoxy) is 3. The van der Waals surface area contributed by atoms with Gasteiger partial charge in [0.2, 0.25) is 11.8 Å². The van der Waals surface area contributed by atoms with Gasteiger partial charge in [-0.3, -0.25) is 19.2 Å². The summed E-state index contributed by atoms with van der Waals surface area (Å²) in [5.74, 6) is -1.38. The van der Waals surface area contributed by atoms with Gasteiger partial charge in [-0.25, -0.2) is 9.59 Å². The Labute approximate surface area is 276 Å². The topological polar surface area (TPSA) is 166 Å². The van der Waals surface area contributed by atoms with E-state index in [-0.39, 0.29) is 37.4 Å². The van der Waals surface area contributed by atoms with Crippen molar-refractivity contribution in [2.24, 2.45) is 35.5 Å². The number of carbonyl (C=O) groups excluding carboxylic acids is 6. The van der Waals surface area contributed by atoms with Gasteiger partial charge in [0.15, 0.2) is 0 Å². The number of esters is 2. The average Bonchev–Trinajstić information content (AvgIpc) is 3.04. The number of amides is 3. The Morgan fingerprint density at radius 1 is 0.830 bits per heavy atom. The molecule has 4 bridgehead atoms. The molecule has 12 heteroatoms. The first-order chi connectivity index (χ1) is 22.4. The summed E-state index contributed by atoms with van der Waals surface area (Å²) in [5.41, 5.74) is 0.376. The summed E-state index contributed by atoms with van der Waals surface area (Å²) in [4.78, 5) is 76.9. The molecule has 0 saturated heterocycles. The highest BCUT2D eigenvalue weighted by molar-refractivity contribution is 5.98. The van der Waals surface area contributed by atoms with E-state index in [1.54, 1.807) is 37.3 Å². The molecule has 1 aromatic rings. The summed E-state index contributed by atoms with van der Waals surface area (Å²) in [7, 11) is 0. The van der Waals surface area contributed by atoms with Gasteiger partial charge in [0, 0.05) is 12.0 Å². The molecule has 0 spiro atoms. The summed E-state index contributed by atoms with van der Waals surface area (Å²) in [6, 6.07) is 6.24. The molecule has 3 amide bonds. The fourth-order valence-corrected chi connectivity index (χ4v) is 7.26. The lowest BCUT2D eigenvalue weighted by Crippen LogP contribution is -2.56. The fraction of sp³-hybridized carbons (Fsp3) is 0.657. The molecular formula is C35H49N3O9. The third-order valence-corrected chi connectivity index (χ3v) is 9.63. The van der Waals surface area contributed by atoms with Crippen molar-refractivity contribution in [2.75, 3.05) is 13.2 Å². The zero-order valence-electron chi connectivity index (χ0n) is 27.8. The lowest BCUT2D eigenvalue weighted by atomic mass is 9.55. The number of carbonyl (C=O) groups is 6. The van der Waals surface area contributed by atoms with Gasteiger partial charge >= 0.3 is 18.1 Å². The van der Waals surface area contributed by atoms with E-state index in [9.17, 15) is 28.8 Å². The minimum Gasteiger partial charge on any atom is -0.462 e. The summed E-state index contributed by atoms with van der Waals surface area (Å²) >= 11 is 0. The summed E-state index contributed by atoms with van der Waals surface area (Å²) < 4.78 is 15.4. The Hall–Kier alpha value is -3.96. The van der Waals surface area contributed by atoms with Crippen LogP contribution in [-0.4, -0.2) is 67.2 Å². The Morgan fingerprint density at radius 2 is 1.47 bits per heavy atom. The lowest BCUT2D eigenvalue weighted by molar-refractivity contribution is -0.171. The minimum absolute atomic E-state index is 0.0356. The van der Waals surface area contributed by atoms with Crippen LogP contribution in [0.5, 0.6) is 0 Å². The highest BCUT2D eigenvalue weighted by Crippen LogP contribution is 2.54. The van der Waals surface area contributed by atoms with Crippen molar-refractivity contribution in [1.82, 2.24) is 16.0 Å². The predicted octanol–water partition coefficient (Wildman–Crippen LogP) is 3.92. The minimum atomic E-state index is -1.24. The average molecular weight is 656 g/mol. The molecule has 0 unspecified atom stereocenters. The second-order valence-electron chi connectivity index (χ2n) is 13.8. The van der Waals surface area contributed by atoms with Crippen molar-refractivity contribution < 1.29 is 43.0 Å². The summed E-state index contributed by atoms with van der Waals surface area (Å²) in [6.07, 6.45) is 4.62. The molecule has 3 N–H and O–H groups in total. The van der Waals surface area contributed by atoms with Crippen LogP contribution in [0.4, 0.5) is 4.79 Å². The van der Waals surface area contributed by atoms with Gasteiger partial charge in [0.25, 0.3) is 5.91 Å². The number of hydrogen-bond donors (Lipinski definition) is 3. The molecule has 0 aromatic heterocycles. The van der Waals surface area contributed by atoms with Crippen LogP contribution >= 0.6 is 0 Å². The highest BCUT2D eigenvalue weighted by Gasteiger charge is 2.50. The maximum Gasteiger partial charge on any atom is 0.516 e. The predicted molar refractivity (Wildman–Crippen MR) is 171 cm³/mol. The SMILES string of the molecule is CC[C@H](C)[C@H](NC(=O)c1ccccc1)C(=O)N[C@@H](CCC(=O)OC1C2CC3CC(C2)CC1C3)C(=O)NCC(=O)OC(=O)OCC(C)C. The van der Waals surface area contributed by atoms with Gasteiger partial charge in [-0.15, -0.1) is 0 Å². The van der Waals surface area contributed by atoms with Crippen molar-refractivity contribution in [2.45, 2.75) is 97.2 Å². The molecule has 47 heavy (non-hydrogen) atoms. The standard InChI is InChI=1S/C35H49N3O9/c1-5-21(4)30(38-32(41)24-9-7-6-8-10-24)34(43)37-27(33(42)36-18-29(40)47-35(44)45-19-20(2)3)11-12-28(39)46-31-25-14-22-13-23(16-25)17-26(31)15-22/h6-10,20-23,25-27,30-31H,5,11-19H2,1-4H3,(H,36,42)(H,37,43)(H,38,41)/t21-,22?,23?,25?,26?,27-,30-,31?/m0/s1. The number of benzene rings is 1. The van der Waals surface area contributed by atoms with Crippen LogP contribution in [0, 0.1) is 35.5 Å². The normalized spacial score (nSPS) is 24.4. The van der Waals surface area contributed by atoms with Crippen molar-refractivity contribution in [3.8, 4) is 0 Å². The van der Waals surface area contributed by atoms with Crippen LogP contribution in [0.25, 0.3) is 0 Å². The molecular weight excluding hydrogens is 606 g/mol.